The van der Waals surface area contributed by atoms with E-state index in [0.717, 1.165) is 18.4 Å². The summed E-state index contributed by atoms with van der Waals surface area (Å²) in [7, 11) is 0. The fraction of sp³-hybridized carbons (Fsp3) is 0.190. The minimum Gasteiger partial charge on any atom is -0.294 e. The smallest absolute Gasteiger partial charge is 0.165 e. The number of aryl methyl sites for hydroxylation is 1. The predicted molar refractivity (Wildman–Crippen MR) is 93.6 cm³/mol. The molecule has 0 saturated carbocycles. The van der Waals surface area contributed by atoms with Crippen molar-refractivity contribution in [2.45, 2.75) is 19.8 Å². The Morgan fingerprint density at radius 1 is 1.05 bits per heavy atom. The van der Waals surface area contributed by atoms with Crippen LogP contribution in [0.5, 0.6) is 0 Å². The normalized spacial score (nSPS) is 13.7. The Morgan fingerprint density at radius 3 is 2.23 bits per heavy atom. The third-order valence-corrected chi connectivity index (χ3v) is 4.02. The topological polar surface area (TPSA) is 17.1 Å². The molecule has 0 saturated heterocycles. The van der Waals surface area contributed by atoms with E-state index in [2.05, 4.69) is 18.7 Å². The molecule has 1 atom stereocenters. The first-order valence-electron chi connectivity index (χ1n) is 7.59. The molecule has 0 radical (unpaired) electrons. The number of benzene rings is 2. The Morgan fingerprint density at radius 2 is 1.64 bits per heavy atom. The van der Waals surface area contributed by atoms with Crippen molar-refractivity contribution in [3.05, 3.63) is 90.5 Å². The second kappa shape index (κ2) is 7.56. The van der Waals surface area contributed by atoms with Crippen LogP contribution in [-0.4, -0.2) is 5.78 Å². The van der Waals surface area contributed by atoms with E-state index in [1.165, 1.54) is 5.56 Å². The Hall–Kier alpha value is -2.41. The van der Waals surface area contributed by atoms with Gasteiger partial charge >= 0.3 is 0 Å². The van der Waals surface area contributed by atoms with Crippen molar-refractivity contribution >= 4 is 11.9 Å². The summed E-state index contributed by atoms with van der Waals surface area (Å²) in [5.74, 6) is 0.0993. The van der Waals surface area contributed by atoms with Crippen molar-refractivity contribution in [3.63, 3.8) is 0 Å². The van der Waals surface area contributed by atoms with Gasteiger partial charge < -0.3 is 0 Å². The lowest BCUT2D eigenvalue weighted by molar-refractivity contribution is -0.121. The van der Waals surface area contributed by atoms with Gasteiger partial charge in [-0.3, -0.25) is 4.79 Å². The Kier molecular flexibility index (Phi) is 5.48. The van der Waals surface area contributed by atoms with Gasteiger partial charge in [0.15, 0.2) is 5.78 Å². The monoisotopic (exact) mass is 290 g/mol. The van der Waals surface area contributed by atoms with Gasteiger partial charge in [-0.15, -0.1) is 6.58 Å². The molecule has 2 rings (SSSR count). The highest BCUT2D eigenvalue weighted by Crippen LogP contribution is 2.27. The molecule has 1 heteroatoms. The van der Waals surface area contributed by atoms with Crippen molar-refractivity contribution in [1.29, 1.82) is 0 Å². The molecule has 1 unspecified atom stereocenters. The van der Waals surface area contributed by atoms with E-state index in [0.29, 0.717) is 0 Å². The summed E-state index contributed by atoms with van der Waals surface area (Å²) in [5, 5.41) is 0. The van der Waals surface area contributed by atoms with Crippen LogP contribution < -0.4 is 0 Å². The lowest BCUT2D eigenvalue weighted by Gasteiger charge is -2.22. The summed E-state index contributed by atoms with van der Waals surface area (Å²) in [6.07, 6.45) is 6.94. The average molecular weight is 290 g/mol. The van der Waals surface area contributed by atoms with Crippen LogP contribution in [0.2, 0.25) is 0 Å². The molecule has 112 valence electrons. The fourth-order valence-corrected chi connectivity index (χ4v) is 2.30. The van der Waals surface area contributed by atoms with Crippen LogP contribution in [0.4, 0.5) is 0 Å². The molecule has 1 nitrogen and oxygen atoms in total. The van der Waals surface area contributed by atoms with Crippen LogP contribution in [0, 0.1) is 5.41 Å². The van der Waals surface area contributed by atoms with Gasteiger partial charge in [0, 0.05) is 5.41 Å². The molecule has 0 bridgehead atoms. The van der Waals surface area contributed by atoms with E-state index in [9.17, 15) is 4.79 Å². The van der Waals surface area contributed by atoms with Crippen LogP contribution in [0.3, 0.4) is 0 Å². The summed E-state index contributed by atoms with van der Waals surface area (Å²) >= 11 is 0. The molecule has 0 N–H and O–H groups in total. The molecule has 0 spiro atoms. The van der Waals surface area contributed by atoms with Gasteiger partial charge in [0.1, 0.15) is 0 Å². The fourth-order valence-electron chi connectivity index (χ4n) is 2.30. The number of rotatable bonds is 7. The van der Waals surface area contributed by atoms with E-state index in [1.807, 2.05) is 61.5 Å². The summed E-state index contributed by atoms with van der Waals surface area (Å²) in [4.78, 5) is 12.5. The highest BCUT2D eigenvalue weighted by Gasteiger charge is 2.27. The van der Waals surface area contributed by atoms with E-state index >= 15 is 0 Å². The van der Waals surface area contributed by atoms with Gasteiger partial charge in [-0.2, -0.15) is 0 Å². The second-order valence-corrected chi connectivity index (χ2v) is 5.72. The van der Waals surface area contributed by atoms with Crippen molar-refractivity contribution in [2.75, 3.05) is 0 Å². The molecular weight excluding hydrogens is 268 g/mol. The number of hydrogen-bond acceptors (Lipinski definition) is 1. The van der Waals surface area contributed by atoms with E-state index in [1.54, 1.807) is 12.2 Å². The first kappa shape index (κ1) is 16.0. The summed E-state index contributed by atoms with van der Waals surface area (Å²) in [5.41, 5.74) is 1.75. The minimum atomic E-state index is -0.527. The van der Waals surface area contributed by atoms with Crippen LogP contribution >= 0.6 is 0 Å². The predicted octanol–water partition coefficient (Wildman–Crippen LogP) is 5.09. The first-order valence-corrected chi connectivity index (χ1v) is 7.59. The van der Waals surface area contributed by atoms with Crippen LogP contribution in [0.25, 0.3) is 6.08 Å². The van der Waals surface area contributed by atoms with Crippen LogP contribution in [-0.2, 0) is 11.2 Å². The molecule has 2 aromatic carbocycles. The minimum absolute atomic E-state index is 0.0993. The maximum Gasteiger partial charge on any atom is 0.165 e. The number of carbonyl (C=O) groups excluding carboxylic acids is 1. The van der Waals surface area contributed by atoms with Gasteiger partial charge in [0.05, 0.1) is 0 Å². The molecule has 0 aliphatic rings. The van der Waals surface area contributed by atoms with Crippen LogP contribution in [0.15, 0.2) is 79.4 Å². The first-order chi connectivity index (χ1) is 10.6. The standard InChI is InChI=1S/C21H22O/c1-3-21(2,17-16-19-12-8-5-9-13-19)20(22)15-14-18-10-6-4-7-11-18/h3-15H,1,16-17H2,2H3/b15-14+. The lowest BCUT2D eigenvalue weighted by atomic mass is 9.80. The summed E-state index contributed by atoms with van der Waals surface area (Å²) < 4.78 is 0. The quantitative estimate of drug-likeness (QED) is 0.512. The molecule has 0 aromatic heterocycles. The van der Waals surface area contributed by atoms with E-state index in [4.69, 9.17) is 0 Å². The third kappa shape index (κ3) is 4.29. The molecule has 0 amide bonds. The van der Waals surface area contributed by atoms with Crippen molar-refractivity contribution < 1.29 is 4.79 Å². The van der Waals surface area contributed by atoms with Crippen molar-refractivity contribution in [2.24, 2.45) is 5.41 Å². The Balaban J connectivity index is 2.03. The Bertz CT molecular complexity index is 640. The molecular formula is C21H22O. The average Bonchev–Trinajstić information content (AvgIpc) is 2.59. The third-order valence-electron chi connectivity index (χ3n) is 4.02. The van der Waals surface area contributed by atoms with E-state index < -0.39 is 5.41 Å². The molecule has 0 aliphatic carbocycles. The number of allylic oxidation sites excluding steroid dienone is 2. The lowest BCUT2D eigenvalue weighted by Crippen LogP contribution is -2.24. The second-order valence-electron chi connectivity index (χ2n) is 5.72. The summed E-state index contributed by atoms with van der Waals surface area (Å²) in [6, 6.07) is 20.1. The van der Waals surface area contributed by atoms with Gasteiger partial charge in [0.25, 0.3) is 0 Å². The highest BCUT2D eigenvalue weighted by atomic mass is 16.1. The molecule has 22 heavy (non-hydrogen) atoms. The number of hydrogen-bond donors (Lipinski definition) is 0. The van der Waals surface area contributed by atoms with Gasteiger partial charge in [-0.25, -0.2) is 0 Å². The van der Waals surface area contributed by atoms with Gasteiger partial charge in [0.2, 0.25) is 0 Å². The molecule has 2 aromatic rings. The van der Waals surface area contributed by atoms with Gasteiger partial charge in [-0.1, -0.05) is 72.8 Å². The number of ketones is 1. The molecule has 0 aliphatic heterocycles. The maximum atomic E-state index is 12.5. The largest absolute Gasteiger partial charge is 0.294 e. The van der Waals surface area contributed by atoms with Crippen molar-refractivity contribution in [1.82, 2.24) is 0 Å². The van der Waals surface area contributed by atoms with E-state index in [-0.39, 0.29) is 5.78 Å². The molecule has 0 heterocycles. The Labute approximate surface area is 133 Å². The number of carbonyl (C=O) groups is 1. The molecule has 0 fully saturated rings. The SMILES string of the molecule is C=CC(C)(CCc1ccccc1)C(=O)/C=C/c1ccccc1. The zero-order chi connectivity index (χ0) is 15.8. The van der Waals surface area contributed by atoms with Crippen molar-refractivity contribution in [3.8, 4) is 0 Å². The van der Waals surface area contributed by atoms with Gasteiger partial charge in [-0.05, 0) is 37.0 Å². The zero-order valence-corrected chi connectivity index (χ0v) is 13.0. The maximum absolute atomic E-state index is 12.5. The zero-order valence-electron chi connectivity index (χ0n) is 13.0. The highest BCUT2D eigenvalue weighted by molar-refractivity contribution is 5.99. The summed E-state index contributed by atoms with van der Waals surface area (Å²) in [6.45, 7) is 5.83. The van der Waals surface area contributed by atoms with Crippen LogP contribution in [0.1, 0.15) is 24.5 Å².